The van der Waals surface area contributed by atoms with Gasteiger partial charge < -0.3 is 0 Å². The van der Waals surface area contributed by atoms with Crippen LogP contribution in [0.15, 0.2) is 33.6 Å². The van der Waals surface area contributed by atoms with Crippen LogP contribution in [0.3, 0.4) is 0 Å². The van der Waals surface area contributed by atoms with E-state index in [1.54, 1.807) is 19.1 Å². The van der Waals surface area contributed by atoms with Gasteiger partial charge in [0.15, 0.2) is 0 Å². The maximum Gasteiger partial charge on any atom is 0.261 e. The lowest BCUT2D eigenvalue weighted by Crippen LogP contribution is -2.51. The smallest absolute Gasteiger partial charge is 0.261 e. The van der Waals surface area contributed by atoms with Gasteiger partial charge in [0.05, 0.1) is 11.5 Å². The van der Waals surface area contributed by atoms with E-state index in [2.05, 4.69) is 21.4 Å². The second kappa shape index (κ2) is 7.54. The zero-order valence-corrected chi connectivity index (χ0v) is 14.7. The number of carbonyl (C=O) groups excluding carboxylic acids is 1. The van der Waals surface area contributed by atoms with Crippen LogP contribution in [0.4, 0.5) is 0 Å². The van der Waals surface area contributed by atoms with Crippen molar-refractivity contribution in [2.45, 2.75) is 37.1 Å². The molecule has 0 unspecified atom stereocenters. The highest BCUT2D eigenvalue weighted by atomic mass is 79.9. The molecule has 1 aromatic rings. The lowest BCUT2D eigenvalue weighted by Gasteiger charge is -2.33. The minimum atomic E-state index is -3.70. The van der Waals surface area contributed by atoms with Crippen LogP contribution < -0.4 is 5.48 Å². The van der Waals surface area contributed by atoms with Crippen molar-refractivity contribution in [1.29, 1.82) is 0 Å². The number of halogens is 1. The zero-order valence-electron chi connectivity index (χ0n) is 12.3. The summed E-state index contributed by atoms with van der Waals surface area (Å²) in [5.74, 6) is -0.415. The van der Waals surface area contributed by atoms with Gasteiger partial charge >= 0.3 is 0 Å². The number of carbonyl (C=O) groups is 1. The molecule has 1 heterocycles. The standard InChI is InChI=1S/C14H19BrN2O4S/c1-2-21-16-14(18)13-5-3-4-10-17(13)22(19,20)12-8-6-11(15)7-9-12/h6-9,13H,2-5,10H2,1H3,(H,16,18)/t13-/m1/s1. The molecule has 1 atom stereocenters. The van der Waals surface area contributed by atoms with Crippen molar-refractivity contribution < 1.29 is 18.0 Å². The van der Waals surface area contributed by atoms with E-state index in [-0.39, 0.29) is 4.90 Å². The molecular weight excluding hydrogens is 372 g/mol. The summed E-state index contributed by atoms with van der Waals surface area (Å²) in [4.78, 5) is 17.2. The fourth-order valence-corrected chi connectivity index (χ4v) is 4.33. The predicted molar refractivity (Wildman–Crippen MR) is 85.4 cm³/mol. The molecule has 1 N–H and O–H groups in total. The number of sulfonamides is 1. The van der Waals surface area contributed by atoms with Crippen LogP contribution in [-0.2, 0) is 19.7 Å². The second-order valence-electron chi connectivity index (χ2n) is 4.98. The van der Waals surface area contributed by atoms with Crippen molar-refractivity contribution >= 4 is 31.9 Å². The van der Waals surface area contributed by atoms with Crippen molar-refractivity contribution in [2.75, 3.05) is 13.2 Å². The van der Waals surface area contributed by atoms with Gasteiger partial charge in [-0.1, -0.05) is 22.4 Å². The van der Waals surface area contributed by atoms with Crippen LogP contribution >= 0.6 is 15.9 Å². The Bertz CT molecular complexity index is 618. The van der Waals surface area contributed by atoms with Crippen molar-refractivity contribution in [3.8, 4) is 0 Å². The van der Waals surface area contributed by atoms with E-state index in [1.165, 1.54) is 16.4 Å². The fraction of sp³-hybridized carbons (Fsp3) is 0.500. The molecule has 2 rings (SSSR count). The number of hydroxylamine groups is 1. The molecule has 0 aliphatic carbocycles. The third-order valence-corrected chi connectivity index (χ3v) is 5.94. The molecule has 0 bridgehead atoms. The van der Waals surface area contributed by atoms with Crippen LogP contribution in [0.2, 0.25) is 0 Å². The molecule has 8 heteroatoms. The number of benzene rings is 1. The molecule has 0 radical (unpaired) electrons. The van der Waals surface area contributed by atoms with Crippen LogP contribution in [0.1, 0.15) is 26.2 Å². The summed E-state index contributed by atoms with van der Waals surface area (Å²) >= 11 is 3.28. The number of piperidine rings is 1. The summed E-state index contributed by atoms with van der Waals surface area (Å²) in [6.45, 7) is 2.41. The molecule has 122 valence electrons. The minimum Gasteiger partial charge on any atom is -0.274 e. The van der Waals surface area contributed by atoms with Gasteiger partial charge in [0.2, 0.25) is 10.0 Å². The molecule has 6 nitrogen and oxygen atoms in total. The molecule has 1 fully saturated rings. The Morgan fingerprint density at radius 1 is 1.36 bits per heavy atom. The molecular formula is C14H19BrN2O4S. The lowest BCUT2D eigenvalue weighted by molar-refractivity contribution is -0.138. The second-order valence-corrected chi connectivity index (χ2v) is 7.79. The van der Waals surface area contributed by atoms with Gasteiger partial charge in [-0.05, 0) is 44.0 Å². The summed E-state index contributed by atoms with van der Waals surface area (Å²) in [7, 11) is -3.70. The van der Waals surface area contributed by atoms with E-state index in [0.717, 1.165) is 17.3 Å². The lowest BCUT2D eigenvalue weighted by atomic mass is 10.0. The number of rotatable bonds is 5. The monoisotopic (exact) mass is 390 g/mol. The topological polar surface area (TPSA) is 75.7 Å². The van der Waals surface area contributed by atoms with Crippen LogP contribution in [0.25, 0.3) is 0 Å². The largest absolute Gasteiger partial charge is 0.274 e. The van der Waals surface area contributed by atoms with Crippen LogP contribution in [0, 0.1) is 0 Å². The van der Waals surface area contributed by atoms with Gasteiger partial charge in [-0.2, -0.15) is 4.31 Å². The number of hydrogen-bond acceptors (Lipinski definition) is 4. The van der Waals surface area contributed by atoms with Crippen molar-refractivity contribution in [3.63, 3.8) is 0 Å². The quantitative estimate of drug-likeness (QED) is 0.780. The van der Waals surface area contributed by atoms with Gasteiger partial charge in [-0.25, -0.2) is 13.9 Å². The Morgan fingerprint density at radius 3 is 2.68 bits per heavy atom. The molecule has 22 heavy (non-hydrogen) atoms. The predicted octanol–water partition coefficient (Wildman–Crippen LogP) is 2.06. The highest BCUT2D eigenvalue weighted by Crippen LogP contribution is 2.26. The summed E-state index contributed by atoms with van der Waals surface area (Å²) < 4.78 is 27.6. The SMILES string of the molecule is CCONC(=O)[C@H]1CCCCN1S(=O)(=O)c1ccc(Br)cc1. The number of nitrogens with zero attached hydrogens (tertiary/aromatic N) is 1. The summed E-state index contributed by atoms with van der Waals surface area (Å²) in [6.07, 6.45) is 2.05. The first-order valence-corrected chi connectivity index (χ1v) is 9.39. The van der Waals surface area contributed by atoms with Crippen molar-refractivity contribution in [1.82, 2.24) is 9.79 Å². The first-order valence-electron chi connectivity index (χ1n) is 7.16. The molecule has 1 saturated heterocycles. The van der Waals surface area contributed by atoms with Gasteiger partial charge in [0, 0.05) is 11.0 Å². The Balaban J connectivity index is 2.26. The molecule has 1 aliphatic heterocycles. The van der Waals surface area contributed by atoms with E-state index in [4.69, 9.17) is 4.84 Å². The van der Waals surface area contributed by atoms with E-state index in [1.807, 2.05) is 0 Å². The molecule has 0 spiro atoms. The molecule has 1 amide bonds. The third kappa shape index (κ3) is 3.87. The maximum atomic E-state index is 12.8. The summed E-state index contributed by atoms with van der Waals surface area (Å²) in [5, 5.41) is 0. The Labute approximate surface area is 139 Å². The Hall–Kier alpha value is -0.960. The zero-order chi connectivity index (χ0) is 16.2. The fourth-order valence-electron chi connectivity index (χ4n) is 2.41. The van der Waals surface area contributed by atoms with Gasteiger partial charge in [-0.15, -0.1) is 0 Å². The maximum absolute atomic E-state index is 12.8. The third-order valence-electron chi connectivity index (χ3n) is 3.49. The summed E-state index contributed by atoms with van der Waals surface area (Å²) in [5.41, 5.74) is 2.31. The minimum absolute atomic E-state index is 0.187. The van der Waals surface area contributed by atoms with Crippen molar-refractivity contribution in [2.24, 2.45) is 0 Å². The van der Waals surface area contributed by atoms with E-state index in [9.17, 15) is 13.2 Å². The Morgan fingerprint density at radius 2 is 2.05 bits per heavy atom. The molecule has 1 aliphatic rings. The first-order chi connectivity index (χ1) is 10.5. The average molecular weight is 391 g/mol. The molecule has 1 aromatic carbocycles. The normalized spacial score (nSPS) is 19.8. The Kier molecular flexibility index (Phi) is 5.96. The van der Waals surface area contributed by atoms with Gasteiger partial charge in [0.1, 0.15) is 6.04 Å². The van der Waals surface area contributed by atoms with E-state index < -0.39 is 22.0 Å². The first kappa shape index (κ1) is 17.4. The van der Waals surface area contributed by atoms with Crippen LogP contribution in [0.5, 0.6) is 0 Å². The molecule has 0 saturated carbocycles. The number of amides is 1. The highest BCUT2D eigenvalue weighted by Gasteiger charge is 2.37. The van der Waals surface area contributed by atoms with E-state index >= 15 is 0 Å². The van der Waals surface area contributed by atoms with E-state index in [0.29, 0.717) is 19.6 Å². The number of hydrogen-bond donors (Lipinski definition) is 1. The summed E-state index contributed by atoms with van der Waals surface area (Å²) in [6, 6.07) is 5.68. The number of nitrogens with one attached hydrogen (secondary N) is 1. The highest BCUT2D eigenvalue weighted by molar-refractivity contribution is 9.10. The molecule has 0 aromatic heterocycles. The van der Waals surface area contributed by atoms with Crippen molar-refractivity contribution in [3.05, 3.63) is 28.7 Å². The van der Waals surface area contributed by atoms with Crippen LogP contribution in [-0.4, -0.2) is 37.8 Å². The van der Waals surface area contributed by atoms with Gasteiger partial charge in [-0.3, -0.25) is 9.63 Å². The average Bonchev–Trinajstić information content (AvgIpc) is 2.53. The van der Waals surface area contributed by atoms with Gasteiger partial charge in [0.25, 0.3) is 5.91 Å².